The van der Waals surface area contributed by atoms with Crippen LogP contribution in [0.25, 0.3) is 21.9 Å². The minimum atomic E-state index is -2.45. The average Bonchev–Trinajstić information content (AvgIpc) is 3.38. The fourth-order valence-electron chi connectivity index (χ4n) is 4.41. The van der Waals surface area contributed by atoms with Gasteiger partial charge in [0.15, 0.2) is 0 Å². The Hall–Kier alpha value is -2.82. The number of halogens is 2. The second-order valence-electron chi connectivity index (χ2n) is 8.50. The number of hydrogen-bond donors (Lipinski definition) is 3. The van der Waals surface area contributed by atoms with Crippen LogP contribution in [0.1, 0.15) is 23.1 Å². The van der Waals surface area contributed by atoms with Gasteiger partial charge in [-0.3, -0.25) is 0 Å². The zero-order chi connectivity index (χ0) is 23.8. The first kappa shape index (κ1) is 22.9. The van der Waals surface area contributed by atoms with Crippen LogP contribution in [0.4, 0.5) is 14.6 Å². The Morgan fingerprint density at radius 1 is 1.12 bits per heavy atom. The normalized spacial score (nSPS) is 22.8. The van der Waals surface area contributed by atoms with Crippen molar-refractivity contribution in [2.24, 2.45) is 0 Å². The third-order valence-electron chi connectivity index (χ3n) is 6.23. The fraction of sp³-hybridized carbons (Fsp3) is 0.375. The van der Waals surface area contributed by atoms with Crippen LogP contribution in [0, 0.1) is 6.92 Å². The summed E-state index contributed by atoms with van der Waals surface area (Å²) in [5.74, 6) is 0.413. The van der Waals surface area contributed by atoms with Gasteiger partial charge in [-0.1, -0.05) is 12.1 Å². The van der Waals surface area contributed by atoms with Crippen molar-refractivity contribution >= 4 is 39.5 Å². The molecule has 3 aromatic heterocycles. The fourth-order valence-corrected chi connectivity index (χ4v) is 5.97. The van der Waals surface area contributed by atoms with Gasteiger partial charge in [-0.2, -0.15) is 0 Å². The Morgan fingerprint density at radius 2 is 1.94 bits per heavy atom. The van der Waals surface area contributed by atoms with Crippen molar-refractivity contribution < 1.29 is 19.0 Å². The molecule has 3 N–H and O–H groups in total. The van der Waals surface area contributed by atoms with E-state index >= 15 is 0 Å². The van der Waals surface area contributed by atoms with E-state index in [0.29, 0.717) is 18.7 Å². The minimum Gasteiger partial charge on any atom is -0.389 e. The molecule has 0 saturated carbocycles. The number of pyridine rings is 1. The number of nitrogens with one attached hydrogen (secondary N) is 1. The maximum absolute atomic E-state index is 12.5. The van der Waals surface area contributed by atoms with Gasteiger partial charge < -0.3 is 20.1 Å². The smallest absolute Gasteiger partial charge is 0.255 e. The molecule has 0 amide bonds. The van der Waals surface area contributed by atoms with Gasteiger partial charge in [0.25, 0.3) is 6.43 Å². The van der Waals surface area contributed by atoms with E-state index in [1.807, 2.05) is 48.0 Å². The third kappa shape index (κ3) is 4.45. The molecule has 4 aromatic rings. The molecule has 1 aliphatic heterocycles. The number of fused-ring (bicyclic) bond motifs is 2. The highest BCUT2D eigenvalue weighted by molar-refractivity contribution is 8.00. The van der Waals surface area contributed by atoms with Gasteiger partial charge in [0.1, 0.15) is 29.3 Å². The van der Waals surface area contributed by atoms with Crippen LogP contribution in [0.15, 0.2) is 48.9 Å². The van der Waals surface area contributed by atoms with E-state index in [-0.39, 0.29) is 10.6 Å². The van der Waals surface area contributed by atoms with E-state index in [0.717, 1.165) is 33.2 Å². The van der Waals surface area contributed by atoms with Crippen LogP contribution >= 0.6 is 11.8 Å². The lowest BCUT2D eigenvalue weighted by atomic mass is 10.0. The van der Waals surface area contributed by atoms with Crippen LogP contribution in [0.2, 0.25) is 0 Å². The zero-order valence-electron chi connectivity index (χ0n) is 18.5. The largest absolute Gasteiger partial charge is 0.389 e. The summed E-state index contributed by atoms with van der Waals surface area (Å²) in [7, 11) is 0. The Morgan fingerprint density at radius 3 is 2.76 bits per heavy atom. The molecule has 1 fully saturated rings. The number of anilines is 1. The van der Waals surface area contributed by atoms with Crippen molar-refractivity contribution in [1.29, 1.82) is 0 Å². The molecule has 0 bridgehead atoms. The van der Waals surface area contributed by atoms with Crippen LogP contribution in [-0.2, 0) is 6.42 Å². The summed E-state index contributed by atoms with van der Waals surface area (Å²) in [6, 6.07) is 11.4. The molecule has 5 rings (SSSR count). The van der Waals surface area contributed by atoms with Gasteiger partial charge >= 0.3 is 0 Å². The number of aliphatic hydroxyl groups excluding tert-OH is 2. The van der Waals surface area contributed by atoms with Crippen molar-refractivity contribution in [3.05, 3.63) is 60.2 Å². The van der Waals surface area contributed by atoms with E-state index in [1.165, 1.54) is 6.33 Å². The van der Waals surface area contributed by atoms with Crippen molar-refractivity contribution in [2.45, 2.75) is 49.0 Å². The number of aromatic nitrogens is 4. The molecule has 1 saturated heterocycles. The third-order valence-corrected chi connectivity index (χ3v) is 7.88. The lowest BCUT2D eigenvalue weighted by molar-refractivity contribution is 0.0176. The number of aryl methyl sites for hydroxylation is 2. The van der Waals surface area contributed by atoms with Crippen LogP contribution < -0.4 is 5.32 Å². The molecule has 0 spiro atoms. The first-order chi connectivity index (χ1) is 16.4. The summed E-state index contributed by atoms with van der Waals surface area (Å²) in [5.41, 5.74) is 3.37. The van der Waals surface area contributed by atoms with E-state index in [2.05, 4.69) is 20.3 Å². The molecular weight excluding hydrogens is 460 g/mol. The van der Waals surface area contributed by atoms with E-state index in [4.69, 9.17) is 0 Å². The van der Waals surface area contributed by atoms with Gasteiger partial charge in [0.05, 0.1) is 23.9 Å². The summed E-state index contributed by atoms with van der Waals surface area (Å²) in [5, 5.41) is 25.5. The molecule has 10 heteroatoms. The van der Waals surface area contributed by atoms with Gasteiger partial charge in [0, 0.05) is 22.2 Å². The highest BCUT2D eigenvalue weighted by Gasteiger charge is 2.43. The Kier molecular flexibility index (Phi) is 6.37. The number of aliphatic hydroxyl groups is 2. The highest BCUT2D eigenvalue weighted by Crippen LogP contribution is 2.45. The molecule has 4 heterocycles. The molecule has 1 aliphatic rings. The lowest BCUT2D eigenvalue weighted by Gasteiger charge is -2.17. The van der Waals surface area contributed by atoms with Gasteiger partial charge in [0.2, 0.25) is 0 Å². The molecular formula is C24H25F2N5O2S. The predicted octanol–water partition coefficient (Wildman–Crippen LogP) is 3.93. The Bertz CT molecular complexity index is 1320. The summed E-state index contributed by atoms with van der Waals surface area (Å²) in [6.07, 6.45) is 0.532. The molecule has 4 atom stereocenters. The molecule has 0 radical (unpaired) electrons. The van der Waals surface area contributed by atoms with Gasteiger partial charge in [-0.25, -0.2) is 23.7 Å². The molecule has 0 aliphatic carbocycles. The lowest BCUT2D eigenvalue weighted by Crippen LogP contribution is -2.31. The summed E-state index contributed by atoms with van der Waals surface area (Å²) >= 11 is 1.55. The molecule has 7 nitrogen and oxygen atoms in total. The van der Waals surface area contributed by atoms with Gasteiger partial charge in [-0.15, -0.1) is 11.8 Å². The van der Waals surface area contributed by atoms with E-state index < -0.39 is 25.2 Å². The molecule has 1 aromatic carbocycles. The number of hydrogen-bond acceptors (Lipinski definition) is 7. The molecule has 34 heavy (non-hydrogen) atoms. The summed E-state index contributed by atoms with van der Waals surface area (Å²) in [6.45, 7) is 1.47. The summed E-state index contributed by atoms with van der Waals surface area (Å²) < 4.78 is 26.9. The Balaban J connectivity index is 1.29. The van der Waals surface area contributed by atoms with E-state index in [1.54, 1.807) is 17.8 Å². The summed E-state index contributed by atoms with van der Waals surface area (Å²) in [4.78, 5) is 13.0. The number of nitrogens with zero attached hydrogens (tertiary/aromatic N) is 4. The zero-order valence-corrected chi connectivity index (χ0v) is 19.3. The molecule has 178 valence electrons. The number of alkyl halides is 2. The standard InChI is InChI=1S/C24H25F2N5O2S/c1-13-16-8-9-31(23(16)29-12-28-13)24-22(33)21(32)18(34-24)6-3-14-2-4-15-5-7-20(27-11-19(25)26)30-17(15)10-14/h2,4-5,7-10,12,18-19,21-22,24,32-33H,3,6,11H2,1H3,(H,27,30)/t18-,21-,22-,24-/m1/s1. The van der Waals surface area contributed by atoms with Crippen molar-refractivity contribution in [3.63, 3.8) is 0 Å². The predicted molar refractivity (Wildman–Crippen MR) is 129 cm³/mol. The number of benzene rings is 1. The highest BCUT2D eigenvalue weighted by atomic mass is 32.2. The maximum atomic E-state index is 12.5. The maximum Gasteiger partial charge on any atom is 0.255 e. The molecule has 0 unspecified atom stereocenters. The SMILES string of the molecule is Cc1ncnc2c1ccn2[C@@H]1S[C@H](CCc2ccc3ccc(NCC(F)F)nc3c2)[C@@H](O)[C@H]1O. The topological polar surface area (TPSA) is 96.1 Å². The minimum absolute atomic E-state index is 0.150. The first-order valence-corrected chi connectivity index (χ1v) is 12.1. The Labute approximate surface area is 199 Å². The number of thioether (sulfide) groups is 1. The number of rotatable bonds is 7. The van der Waals surface area contributed by atoms with Crippen LogP contribution in [-0.4, -0.2) is 60.2 Å². The monoisotopic (exact) mass is 485 g/mol. The van der Waals surface area contributed by atoms with Crippen molar-refractivity contribution in [1.82, 2.24) is 19.5 Å². The van der Waals surface area contributed by atoms with Crippen LogP contribution in [0.3, 0.4) is 0 Å². The van der Waals surface area contributed by atoms with E-state index in [9.17, 15) is 19.0 Å². The quantitative estimate of drug-likeness (QED) is 0.365. The van der Waals surface area contributed by atoms with Gasteiger partial charge in [-0.05, 0) is 49.6 Å². The average molecular weight is 486 g/mol. The van der Waals surface area contributed by atoms with Crippen molar-refractivity contribution in [2.75, 3.05) is 11.9 Å². The second-order valence-corrected chi connectivity index (χ2v) is 9.86. The first-order valence-electron chi connectivity index (χ1n) is 11.1. The second kappa shape index (κ2) is 9.44. The van der Waals surface area contributed by atoms with Crippen molar-refractivity contribution in [3.8, 4) is 0 Å². The van der Waals surface area contributed by atoms with Crippen LogP contribution in [0.5, 0.6) is 0 Å².